The lowest BCUT2D eigenvalue weighted by molar-refractivity contribution is -0.121. The molecule has 3 heterocycles. The molecule has 29 heavy (non-hydrogen) atoms. The van der Waals surface area contributed by atoms with E-state index in [-0.39, 0.29) is 11.8 Å². The zero-order chi connectivity index (χ0) is 20.4. The lowest BCUT2D eigenvalue weighted by Crippen LogP contribution is -2.38. The van der Waals surface area contributed by atoms with Crippen LogP contribution in [-0.2, 0) is 4.79 Å². The molecule has 1 amide bonds. The highest BCUT2D eigenvalue weighted by molar-refractivity contribution is 5.92. The van der Waals surface area contributed by atoms with Gasteiger partial charge in [0.1, 0.15) is 12.1 Å². The van der Waals surface area contributed by atoms with Crippen LogP contribution in [0.1, 0.15) is 26.3 Å². The number of pyridine rings is 1. The normalized spacial score (nSPS) is 15.9. The first-order valence-electron chi connectivity index (χ1n) is 9.79. The molecule has 0 bridgehead atoms. The second-order valence-electron chi connectivity index (χ2n) is 7.26. The Morgan fingerprint density at radius 1 is 1.17 bits per heavy atom. The van der Waals surface area contributed by atoms with E-state index in [1.54, 1.807) is 30.5 Å². The van der Waals surface area contributed by atoms with Crippen molar-refractivity contribution in [2.75, 3.05) is 25.0 Å². The predicted molar refractivity (Wildman–Crippen MR) is 108 cm³/mol. The Bertz CT molecular complexity index is 1010. The molecule has 0 unspecified atom stereocenters. The van der Waals surface area contributed by atoms with E-state index in [0.29, 0.717) is 16.9 Å². The molecule has 1 aromatic carbocycles. The fraction of sp³-hybridized carbons (Fsp3) is 0.381. The highest BCUT2D eigenvalue weighted by Gasteiger charge is 2.24. The number of nitrogens with zero attached hydrogens (tertiary/aromatic N) is 4. The maximum absolute atomic E-state index is 13.0. The summed E-state index contributed by atoms with van der Waals surface area (Å²) in [6, 6.07) is 8.77. The number of anilines is 1. The third-order valence-electron chi connectivity index (χ3n) is 5.54. The number of halogens is 2. The van der Waals surface area contributed by atoms with Gasteiger partial charge in [-0.2, -0.15) is 8.78 Å². The number of piperidine rings is 1. The maximum Gasteiger partial charge on any atom is 0.320 e. The molecule has 6 nitrogen and oxygen atoms in total. The van der Waals surface area contributed by atoms with E-state index in [9.17, 15) is 13.6 Å². The van der Waals surface area contributed by atoms with Crippen LogP contribution in [0.5, 0.6) is 0 Å². The molecule has 1 saturated heterocycles. The summed E-state index contributed by atoms with van der Waals surface area (Å²) in [5.41, 5.74) is 2.54. The van der Waals surface area contributed by atoms with Crippen molar-refractivity contribution in [3.05, 3.63) is 42.9 Å². The molecule has 1 N–H and O–H groups in total. The molecule has 4 rings (SSSR count). The van der Waals surface area contributed by atoms with Crippen LogP contribution in [0, 0.1) is 5.92 Å². The highest BCUT2D eigenvalue weighted by atomic mass is 19.3. The molecule has 1 fully saturated rings. The van der Waals surface area contributed by atoms with Crippen LogP contribution in [0.4, 0.5) is 14.6 Å². The molecule has 0 aliphatic carbocycles. The maximum atomic E-state index is 13.0. The number of imidazole rings is 1. The minimum absolute atomic E-state index is 0.00193. The molecule has 1 aliphatic heterocycles. The van der Waals surface area contributed by atoms with Gasteiger partial charge in [-0.15, -0.1) is 0 Å². The van der Waals surface area contributed by atoms with Gasteiger partial charge in [-0.05, 0) is 67.9 Å². The summed E-state index contributed by atoms with van der Waals surface area (Å²) in [5.74, 6) is 0.484. The average Bonchev–Trinajstić information content (AvgIpc) is 3.17. The van der Waals surface area contributed by atoms with Gasteiger partial charge in [0.15, 0.2) is 0 Å². The second kappa shape index (κ2) is 8.24. The largest absolute Gasteiger partial charge is 0.320 e. The van der Waals surface area contributed by atoms with Gasteiger partial charge in [0.2, 0.25) is 5.91 Å². The molecular weight excluding hydrogens is 376 g/mol. The molecule has 0 radical (unpaired) electrons. The summed E-state index contributed by atoms with van der Waals surface area (Å²) in [6.45, 7) is 2.39. The Hall–Kier alpha value is -2.87. The van der Waals surface area contributed by atoms with Crippen molar-refractivity contribution in [3.63, 3.8) is 0 Å². The van der Waals surface area contributed by atoms with Crippen LogP contribution in [0.25, 0.3) is 22.2 Å². The molecule has 3 aromatic rings. The van der Waals surface area contributed by atoms with Crippen LogP contribution in [0.15, 0.2) is 42.9 Å². The third kappa shape index (κ3) is 4.12. The van der Waals surface area contributed by atoms with Crippen LogP contribution < -0.4 is 5.32 Å². The lowest BCUT2D eigenvalue weighted by Gasteiger charge is -2.30. The number of fused-ring (bicyclic) bond motifs is 1. The quantitative estimate of drug-likeness (QED) is 0.700. The third-order valence-corrected chi connectivity index (χ3v) is 5.54. The monoisotopic (exact) mass is 399 g/mol. The number of carbonyl (C=O) groups excluding carboxylic acids is 1. The van der Waals surface area contributed by atoms with Crippen LogP contribution in [0.3, 0.4) is 0 Å². The lowest BCUT2D eigenvalue weighted by atomic mass is 9.96. The zero-order valence-electron chi connectivity index (χ0n) is 16.2. The van der Waals surface area contributed by atoms with Crippen molar-refractivity contribution in [1.29, 1.82) is 0 Å². The number of amides is 1. The zero-order valence-corrected chi connectivity index (χ0v) is 16.2. The molecule has 0 saturated carbocycles. The van der Waals surface area contributed by atoms with Crippen molar-refractivity contribution < 1.29 is 13.6 Å². The number of likely N-dealkylation sites (tertiary alicyclic amines) is 1. The number of nitrogens with one attached hydrogen (secondary N) is 1. The number of aromatic nitrogens is 3. The first-order chi connectivity index (χ1) is 14.0. The van der Waals surface area contributed by atoms with Gasteiger partial charge in [-0.25, -0.2) is 9.97 Å². The van der Waals surface area contributed by atoms with Crippen LogP contribution in [0.2, 0.25) is 0 Å². The van der Waals surface area contributed by atoms with Gasteiger partial charge >= 0.3 is 6.55 Å². The molecule has 152 valence electrons. The van der Waals surface area contributed by atoms with Crippen molar-refractivity contribution in [1.82, 2.24) is 19.4 Å². The Morgan fingerprint density at radius 2 is 1.93 bits per heavy atom. The Morgan fingerprint density at radius 3 is 2.66 bits per heavy atom. The van der Waals surface area contributed by atoms with Crippen molar-refractivity contribution in [3.8, 4) is 11.1 Å². The first kappa shape index (κ1) is 19.4. The number of rotatable bonds is 5. The Balaban J connectivity index is 1.50. The van der Waals surface area contributed by atoms with E-state index in [1.165, 1.54) is 0 Å². The number of alkyl halides is 2. The number of benzene rings is 1. The summed E-state index contributed by atoms with van der Waals surface area (Å²) in [7, 11) is 0. The fourth-order valence-electron chi connectivity index (χ4n) is 3.79. The summed E-state index contributed by atoms with van der Waals surface area (Å²) in [4.78, 5) is 23.3. The van der Waals surface area contributed by atoms with Crippen molar-refractivity contribution >= 4 is 22.8 Å². The molecule has 0 spiro atoms. The van der Waals surface area contributed by atoms with E-state index in [2.05, 4.69) is 27.1 Å². The SMILES string of the molecule is CCN1CCC(C(=O)Nc2cc(-c3ccc4c(c3)ncn4C(F)F)ccn2)CC1. The van der Waals surface area contributed by atoms with E-state index < -0.39 is 6.55 Å². The standard InChI is InChI=1S/C21H23F2N5O/c1-2-27-9-6-14(7-10-27)20(29)26-19-12-16(5-8-24-19)15-3-4-18-17(11-15)25-13-28(18)21(22)23/h3-5,8,11-14,21H,2,6-7,9-10H2,1H3,(H,24,26,29). The summed E-state index contributed by atoms with van der Waals surface area (Å²) in [6.07, 6.45) is 4.47. The number of hydrogen-bond donors (Lipinski definition) is 1. The topological polar surface area (TPSA) is 63.1 Å². The van der Waals surface area contributed by atoms with Gasteiger partial charge < -0.3 is 10.2 Å². The molecule has 2 aromatic heterocycles. The predicted octanol–water partition coefficient (Wildman–Crippen LogP) is 4.16. The van der Waals surface area contributed by atoms with Crippen molar-refractivity contribution in [2.45, 2.75) is 26.3 Å². The minimum Gasteiger partial charge on any atom is -0.310 e. The van der Waals surface area contributed by atoms with Gasteiger partial charge in [0, 0.05) is 12.1 Å². The summed E-state index contributed by atoms with van der Waals surface area (Å²) < 4.78 is 26.8. The van der Waals surface area contributed by atoms with Gasteiger partial charge in [-0.3, -0.25) is 9.36 Å². The first-order valence-corrected chi connectivity index (χ1v) is 9.79. The van der Waals surface area contributed by atoms with E-state index in [4.69, 9.17) is 0 Å². The second-order valence-corrected chi connectivity index (χ2v) is 7.26. The van der Waals surface area contributed by atoms with Crippen LogP contribution in [-0.4, -0.2) is 45.0 Å². The van der Waals surface area contributed by atoms with Gasteiger partial charge in [0.05, 0.1) is 11.0 Å². The van der Waals surface area contributed by atoms with E-state index >= 15 is 0 Å². The van der Waals surface area contributed by atoms with E-state index in [1.807, 2.05) is 6.07 Å². The molecule has 1 aliphatic rings. The number of hydrogen-bond acceptors (Lipinski definition) is 4. The van der Waals surface area contributed by atoms with Gasteiger partial charge in [0.25, 0.3) is 0 Å². The minimum atomic E-state index is -2.63. The smallest absolute Gasteiger partial charge is 0.310 e. The molecule has 8 heteroatoms. The van der Waals surface area contributed by atoms with Gasteiger partial charge in [-0.1, -0.05) is 13.0 Å². The molecule has 0 atom stereocenters. The number of carbonyl (C=O) groups is 1. The molecular formula is C21H23F2N5O. The van der Waals surface area contributed by atoms with Crippen LogP contribution >= 0.6 is 0 Å². The van der Waals surface area contributed by atoms with Crippen molar-refractivity contribution in [2.24, 2.45) is 5.92 Å². The summed E-state index contributed by atoms with van der Waals surface area (Å²) >= 11 is 0. The highest BCUT2D eigenvalue weighted by Crippen LogP contribution is 2.27. The Kier molecular flexibility index (Phi) is 5.53. The summed E-state index contributed by atoms with van der Waals surface area (Å²) in [5, 5.41) is 2.92. The van der Waals surface area contributed by atoms with E-state index in [0.717, 1.165) is 54.5 Å². The fourth-order valence-corrected chi connectivity index (χ4v) is 3.79. The average molecular weight is 399 g/mol. The Labute approximate surface area is 167 Å².